The Morgan fingerprint density at radius 2 is 1.00 bits per heavy atom. The van der Waals surface area contributed by atoms with Crippen molar-refractivity contribution in [3.8, 4) is 0 Å². The molecule has 316 valence electrons. The summed E-state index contributed by atoms with van der Waals surface area (Å²) in [6.07, 6.45) is 12.6. The molecule has 0 saturated carbocycles. The van der Waals surface area contributed by atoms with E-state index in [2.05, 4.69) is 59.3 Å². The number of nitrogens with zero attached hydrogens (tertiary/aromatic N) is 6. The van der Waals surface area contributed by atoms with Crippen molar-refractivity contribution in [2.24, 2.45) is 17.8 Å². The molecule has 61 heavy (non-hydrogen) atoms. The van der Waals surface area contributed by atoms with E-state index < -0.39 is 0 Å². The van der Waals surface area contributed by atoms with Crippen molar-refractivity contribution in [1.29, 1.82) is 0 Å². The Morgan fingerprint density at radius 1 is 0.607 bits per heavy atom. The zero-order chi connectivity index (χ0) is 42.6. The SMILES string of the molecule is CCC(CC)C(=O)Nc1ccc(N2CCC(C(c3ccccn3)c3ccccn3)CC2)c(F)c1.Nc1ccc(N2CCC(C(c3ccccn3)c3ccccn3)CC2)c(F)c1. The molecule has 2 aliphatic rings. The Morgan fingerprint density at radius 3 is 1.34 bits per heavy atom. The van der Waals surface area contributed by atoms with Gasteiger partial charge >= 0.3 is 0 Å². The molecule has 11 heteroatoms. The van der Waals surface area contributed by atoms with Crippen molar-refractivity contribution >= 4 is 28.7 Å². The van der Waals surface area contributed by atoms with Gasteiger partial charge < -0.3 is 20.9 Å². The molecule has 0 aliphatic carbocycles. The minimum atomic E-state index is -0.299. The van der Waals surface area contributed by atoms with Gasteiger partial charge in [0.05, 0.1) is 11.4 Å². The lowest BCUT2D eigenvalue weighted by Crippen LogP contribution is -2.36. The van der Waals surface area contributed by atoms with Crippen LogP contribution in [0.15, 0.2) is 134 Å². The zero-order valence-corrected chi connectivity index (χ0v) is 35.1. The monoisotopic (exact) mass is 822 g/mol. The number of anilines is 4. The number of rotatable bonds is 12. The van der Waals surface area contributed by atoms with Gasteiger partial charge in [-0.1, -0.05) is 38.1 Å². The van der Waals surface area contributed by atoms with E-state index in [1.807, 2.05) is 87.2 Å². The Hall–Kier alpha value is -6.23. The lowest BCUT2D eigenvalue weighted by atomic mass is 9.79. The first-order chi connectivity index (χ1) is 29.8. The highest BCUT2D eigenvalue weighted by molar-refractivity contribution is 5.92. The fraction of sp³-hybridized carbons (Fsp3) is 0.340. The normalized spacial score (nSPS) is 14.9. The molecule has 3 N–H and O–H groups in total. The summed E-state index contributed by atoms with van der Waals surface area (Å²) in [6, 6.07) is 34.1. The standard InChI is InChI=1S/C28H33FN4O.C22H23FN4/c1-3-20(4-2)28(34)32-22-11-12-26(23(29)19-22)33-17-13-21(14-18-33)27(24-9-5-7-15-30-24)25-10-6-8-16-31-25;23-18-15-17(24)7-8-21(18)27-13-9-16(10-14-27)22(19-5-1-3-11-25-19)20-6-2-4-12-26-20/h5-12,15-16,19-21,27H,3-4,13-14,17-18H2,1-2H3,(H,32,34);1-8,11-12,15-16,22H,9-10,13-14,24H2. The van der Waals surface area contributed by atoms with Crippen molar-refractivity contribution < 1.29 is 13.6 Å². The highest BCUT2D eigenvalue weighted by Crippen LogP contribution is 2.39. The number of piperidine rings is 2. The van der Waals surface area contributed by atoms with E-state index in [0.29, 0.717) is 34.6 Å². The number of carbonyl (C=O) groups excluding carboxylic acids is 1. The third kappa shape index (κ3) is 10.8. The molecule has 0 spiro atoms. The second-order valence-electron chi connectivity index (χ2n) is 16.0. The minimum absolute atomic E-state index is 0.0481. The summed E-state index contributed by atoms with van der Waals surface area (Å²) in [5, 5.41) is 2.86. The molecule has 4 aromatic heterocycles. The first kappa shape index (κ1) is 42.9. The number of aromatic nitrogens is 4. The van der Waals surface area contributed by atoms with E-state index in [1.54, 1.807) is 24.3 Å². The third-order valence-electron chi connectivity index (χ3n) is 12.3. The summed E-state index contributed by atoms with van der Waals surface area (Å²) in [6.45, 7) is 7.12. The molecule has 0 radical (unpaired) electrons. The molecular weight excluding hydrogens is 767 g/mol. The van der Waals surface area contributed by atoms with Gasteiger partial charge in [-0.2, -0.15) is 0 Å². The van der Waals surface area contributed by atoms with Crippen molar-refractivity contribution in [2.45, 2.75) is 64.2 Å². The Labute approximate surface area is 358 Å². The van der Waals surface area contributed by atoms with Gasteiger partial charge in [0.15, 0.2) is 0 Å². The Balaban J connectivity index is 0.000000189. The Kier molecular flexibility index (Phi) is 14.6. The number of halogens is 2. The largest absolute Gasteiger partial charge is 0.399 e. The van der Waals surface area contributed by atoms with Crippen LogP contribution in [0.25, 0.3) is 0 Å². The van der Waals surface area contributed by atoms with E-state index >= 15 is 4.39 Å². The summed E-state index contributed by atoms with van der Waals surface area (Å²) < 4.78 is 29.3. The smallest absolute Gasteiger partial charge is 0.227 e. The molecule has 8 rings (SSSR count). The van der Waals surface area contributed by atoms with Crippen LogP contribution in [0.4, 0.5) is 31.5 Å². The van der Waals surface area contributed by atoms with Crippen LogP contribution in [-0.4, -0.2) is 52.0 Å². The second-order valence-corrected chi connectivity index (χ2v) is 16.0. The van der Waals surface area contributed by atoms with E-state index in [1.165, 1.54) is 12.1 Å². The highest BCUT2D eigenvalue weighted by atomic mass is 19.1. The lowest BCUT2D eigenvalue weighted by Gasteiger charge is -2.37. The number of pyridine rings is 4. The van der Waals surface area contributed by atoms with Crippen molar-refractivity contribution in [2.75, 3.05) is 47.0 Å². The van der Waals surface area contributed by atoms with Crippen LogP contribution in [0.3, 0.4) is 0 Å². The molecule has 0 atom stereocenters. The van der Waals surface area contributed by atoms with E-state index in [0.717, 1.165) is 87.5 Å². The highest BCUT2D eigenvalue weighted by Gasteiger charge is 2.33. The van der Waals surface area contributed by atoms with E-state index in [-0.39, 0.29) is 35.3 Å². The van der Waals surface area contributed by atoms with Crippen LogP contribution >= 0.6 is 0 Å². The number of nitrogens with one attached hydrogen (secondary N) is 1. The number of nitrogen functional groups attached to an aromatic ring is 1. The minimum Gasteiger partial charge on any atom is -0.399 e. The van der Waals surface area contributed by atoms with Crippen molar-refractivity contribution in [3.63, 3.8) is 0 Å². The van der Waals surface area contributed by atoms with Crippen LogP contribution in [0.5, 0.6) is 0 Å². The number of benzene rings is 2. The summed E-state index contributed by atoms with van der Waals surface area (Å²) >= 11 is 0. The van der Waals surface area contributed by atoms with Gasteiger partial charge in [-0.25, -0.2) is 8.78 Å². The van der Waals surface area contributed by atoms with Crippen LogP contribution in [0, 0.1) is 29.4 Å². The molecule has 2 saturated heterocycles. The predicted octanol–water partition coefficient (Wildman–Crippen LogP) is 10.3. The molecule has 2 fully saturated rings. The first-order valence-electron chi connectivity index (χ1n) is 21.6. The molecule has 6 heterocycles. The maximum Gasteiger partial charge on any atom is 0.227 e. The van der Waals surface area contributed by atoms with Gasteiger partial charge in [0.2, 0.25) is 5.91 Å². The fourth-order valence-electron chi connectivity index (χ4n) is 8.98. The first-order valence-corrected chi connectivity index (χ1v) is 21.6. The molecule has 9 nitrogen and oxygen atoms in total. The number of hydrogen-bond acceptors (Lipinski definition) is 8. The molecule has 1 amide bonds. The molecule has 2 aliphatic heterocycles. The number of hydrogen-bond donors (Lipinski definition) is 2. The lowest BCUT2D eigenvalue weighted by molar-refractivity contribution is -0.120. The van der Waals surface area contributed by atoms with Gasteiger partial charge in [-0.05, 0) is 135 Å². The number of nitrogens with two attached hydrogens (primary N) is 1. The van der Waals surface area contributed by atoms with Crippen molar-refractivity contribution in [3.05, 3.63) is 168 Å². The van der Waals surface area contributed by atoms with Gasteiger partial charge in [-0.3, -0.25) is 24.7 Å². The van der Waals surface area contributed by atoms with Gasteiger partial charge in [-0.15, -0.1) is 0 Å². The van der Waals surface area contributed by atoms with E-state index in [9.17, 15) is 9.18 Å². The second kappa shape index (κ2) is 20.8. The predicted molar refractivity (Wildman–Crippen MR) is 240 cm³/mol. The fourth-order valence-corrected chi connectivity index (χ4v) is 8.98. The summed E-state index contributed by atoms with van der Waals surface area (Å²) in [5.74, 6) is 0.431. The average Bonchev–Trinajstić information content (AvgIpc) is 3.29. The maximum absolute atomic E-state index is 15.0. The summed E-state index contributed by atoms with van der Waals surface area (Å²) in [5.41, 5.74) is 12.0. The topological polar surface area (TPSA) is 113 Å². The van der Waals surface area contributed by atoms with E-state index in [4.69, 9.17) is 5.73 Å². The summed E-state index contributed by atoms with van der Waals surface area (Å²) in [4.78, 5) is 35.0. The molecular formula is C50H56F2N8O. The van der Waals surface area contributed by atoms with Gasteiger partial charge in [0.25, 0.3) is 0 Å². The van der Waals surface area contributed by atoms with Crippen LogP contribution < -0.4 is 20.9 Å². The zero-order valence-electron chi connectivity index (χ0n) is 35.1. The van der Waals surface area contributed by atoms with Crippen LogP contribution in [0.1, 0.15) is 87.0 Å². The molecule has 0 unspecified atom stereocenters. The Bertz CT molecular complexity index is 2190. The van der Waals surface area contributed by atoms with Crippen molar-refractivity contribution in [1.82, 2.24) is 19.9 Å². The number of amides is 1. The molecule has 0 bridgehead atoms. The summed E-state index contributed by atoms with van der Waals surface area (Å²) in [7, 11) is 0. The van der Waals surface area contributed by atoms with Gasteiger partial charge in [0, 0.05) is 103 Å². The average molecular weight is 823 g/mol. The van der Waals surface area contributed by atoms with Gasteiger partial charge in [0.1, 0.15) is 11.6 Å². The number of carbonyl (C=O) groups is 1. The van der Waals surface area contributed by atoms with Crippen LogP contribution in [0.2, 0.25) is 0 Å². The quantitative estimate of drug-likeness (QED) is 0.117. The maximum atomic E-state index is 15.0. The molecule has 6 aromatic rings. The third-order valence-corrected chi connectivity index (χ3v) is 12.3. The van der Waals surface area contributed by atoms with Crippen LogP contribution in [-0.2, 0) is 4.79 Å². The molecule has 2 aromatic carbocycles.